The van der Waals surface area contributed by atoms with Crippen molar-refractivity contribution in [1.29, 1.82) is 0 Å². The van der Waals surface area contributed by atoms with E-state index in [0.29, 0.717) is 0 Å². The fourth-order valence-corrected chi connectivity index (χ4v) is 3.92. The second-order valence-corrected chi connectivity index (χ2v) is 8.51. The zero-order valence-corrected chi connectivity index (χ0v) is 20.8. The normalized spacial score (nSPS) is 11.5. The number of azo groups is 2. The lowest BCUT2D eigenvalue weighted by Gasteiger charge is -2.12. The Hall–Kier alpha value is -4.92. The van der Waals surface area contributed by atoms with Crippen molar-refractivity contribution in [3.8, 4) is 0 Å². The van der Waals surface area contributed by atoms with Gasteiger partial charge in [0, 0.05) is 46.5 Å². The van der Waals surface area contributed by atoms with Crippen molar-refractivity contribution in [3.63, 3.8) is 0 Å². The monoisotopic (exact) mass is 490 g/mol. The van der Waals surface area contributed by atoms with Crippen LogP contribution in [0.2, 0.25) is 0 Å². The van der Waals surface area contributed by atoms with Gasteiger partial charge in [-0.25, -0.2) is 9.13 Å². The van der Waals surface area contributed by atoms with E-state index in [1.807, 2.05) is 96.3 Å². The third kappa shape index (κ3) is 5.84. The molecule has 0 atom stereocenters. The number of aryl methyl sites for hydroxylation is 2. The molecule has 9 heteroatoms. The number of rotatable bonds is 9. The Morgan fingerprint density at radius 3 is 2.32 bits per heavy atom. The molecule has 0 aliphatic carbocycles. The average molecular weight is 491 g/mol. The Morgan fingerprint density at radius 2 is 1.57 bits per heavy atom. The van der Waals surface area contributed by atoms with Gasteiger partial charge in [-0.1, -0.05) is 29.4 Å². The highest BCUT2D eigenvalue weighted by atomic mass is 15.3. The van der Waals surface area contributed by atoms with Crippen molar-refractivity contribution in [1.82, 2.24) is 9.55 Å². The predicted octanol–water partition coefficient (Wildman–Crippen LogP) is 6.75. The lowest BCUT2D eigenvalue weighted by atomic mass is 10.1. The molecule has 0 saturated carbocycles. The second kappa shape index (κ2) is 11.2. The zero-order chi connectivity index (χ0) is 25.5. The van der Waals surface area contributed by atoms with Crippen LogP contribution >= 0.6 is 0 Å². The Bertz CT molecular complexity index is 1520. The van der Waals surface area contributed by atoms with Crippen molar-refractivity contribution in [2.75, 3.05) is 23.7 Å². The number of nitrogens with zero attached hydrogens (tertiary/aromatic N) is 7. The highest BCUT2D eigenvalue weighted by molar-refractivity contribution is 6.00. The summed E-state index contributed by atoms with van der Waals surface area (Å²) in [6.45, 7) is 1.52. The predicted molar refractivity (Wildman–Crippen MR) is 147 cm³/mol. The van der Waals surface area contributed by atoms with Crippen molar-refractivity contribution >= 4 is 45.2 Å². The molecule has 2 N–H and O–H groups in total. The van der Waals surface area contributed by atoms with Crippen LogP contribution in [0.3, 0.4) is 0 Å². The summed E-state index contributed by atoms with van der Waals surface area (Å²) in [4.78, 5) is 4.08. The van der Waals surface area contributed by atoms with E-state index < -0.39 is 0 Å². The molecule has 5 rings (SSSR count). The minimum atomic E-state index is 0.723. The van der Waals surface area contributed by atoms with Crippen molar-refractivity contribution in [2.24, 2.45) is 34.6 Å². The smallest absolute Gasteiger partial charge is 0.383 e. The van der Waals surface area contributed by atoms with Gasteiger partial charge < -0.3 is 10.6 Å². The number of aromatic nitrogens is 3. The molecule has 0 aliphatic heterocycles. The molecule has 184 valence electrons. The van der Waals surface area contributed by atoms with Gasteiger partial charge in [0.15, 0.2) is 0 Å². The molecule has 3 aromatic carbocycles. The number of pyridine rings is 1. The lowest BCUT2D eigenvalue weighted by Crippen LogP contribution is -2.25. The van der Waals surface area contributed by atoms with E-state index in [1.54, 1.807) is 12.4 Å². The van der Waals surface area contributed by atoms with E-state index in [4.69, 9.17) is 0 Å². The molecular formula is C28H28N9+. The van der Waals surface area contributed by atoms with Gasteiger partial charge in [0.25, 0.3) is 0 Å². The topological polar surface area (TPSA) is 95.2 Å². The minimum absolute atomic E-state index is 0.723. The third-order valence-electron chi connectivity index (χ3n) is 5.86. The van der Waals surface area contributed by atoms with Gasteiger partial charge in [-0.15, -0.1) is 10.2 Å². The largest absolute Gasteiger partial charge is 0.421 e. The Balaban J connectivity index is 1.18. The van der Waals surface area contributed by atoms with E-state index in [1.165, 1.54) is 0 Å². The van der Waals surface area contributed by atoms with Gasteiger partial charge in [-0.05, 0) is 48.5 Å². The number of fused-ring (bicyclic) bond motifs is 1. The molecule has 2 heterocycles. The van der Waals surface area contributed by atoms with Crippen LogP contribution in [0.5, 0.6) is 0 Å². The van der Waals surface area contributed by atoms with Gasteiger partial charge in [-0.3, -0.25) is 4.98 Å². The first-order valence-corrected chi connectivity index (χ1v) is 12.0. The highest BCUT2D eigenvalue weighted by Crippen LogP contribution is 2.32. The van der Waals surface area contributed by atoms with Gasteiger partial charge in [0.1, 0.15) is 11.4 Å². The fraction of sp³-hybridized carbons (Fsp3) is 0.143. The number of nitrogens with one attached hydrogen (secondary N) is 2. The number of anilines is 2. The Labute approximate surface area is 215 Å². The second-order valence-electron chi connectivity index (χ2n) is 8.51. The van der Waals surface area contributed by atoms with Crippen molar-refractivity contribution in [2.45, 2.75) is 0 Å². The lowest BCUT2D eigenvalue weighted by molar-refractivity contribution is -0.657. The standard InChI is InChI=1S/C28H27N9/c1-36-18-19-37(2)28(36)35-32-22-11-9-21(10-12-22)30-16-17-31-26-13-14-27(25-8-4-3-7-24(25)26)34-33-23-6-5-15-29-20-23/h3-15,18-20H,16-17H2,1-2H3,(H,31,33)/p+1. The Morgan fingerprint density at radius 1 is 0.784 bits per heavy atom. The molecule has 0 saturated heterocycles. The molecule has 5 aromatic rings. The van der Waals surface area contributed by atoms with Crippen LogP contribution in [0.4, 0.5) is 34.4 Å². The molecule has 0 spiro atoms. The molecule has 0 fully saturated rings. The number of benzene rings is 3. The molecule has 0 bridgehead atoms. The summed E-state index contributed by atoms with van der Waals surface area (Å²) in [7, 11) is 3.89. The summed E-state index contributed by atoms with van der Waals surface area (Å²) in [5.74, 6) is 0.783. The summed E-state index contributed by atoms with van der Waals surface area (Å²) < 4.78 is 3.85. The molecule has 2 aromatic heterocycles. The first kappa shape index (κ1) is 23.8. The van der Waals surface area contributed by atoms with Crippen molar-refractivity contribution in [3.05, 3.63) is 97.6 Å². The van der Waals surface area contributed by atoms with E-state index in [9.17, 15) is 0 Å². The van der Waals surface area contributed by atoms with Gasteiger partial charge in [0.2, 0.25) is 0 Å². The van der Waals surface area contributed by atoms with Crippen LogP contribution in [0.1, 0.15) is 0 Å². The average Bonchev–Trinajstić information content (AvgIpc) is 3.27. The van der Waals surface area contributed by atoms with Crippen LogP contribution in [-0.4, -0.2) is 22.6 Å². The van der Waals surface area contributed by atoms with E-state index >= 15 is 0 Å². The van der Waals surface area contributed by atoms with Gasteiger partial charge in [-0.2, -0.15) is 0 Å². The summed E-state index contributed by atoms with van der Waals surface area (Å²) in [6.07, 6.45) is 7.30. The van der Waals surface area contributed by atoms with Crippen LogP contribution in [-0.2, 0) is 14.1 Å². The molecule has 0 radical (unpaired) electrons. The molecule has 0 unspecified atom stereocenters. The zero-order valence-electron chi connectivity index (χ0n) is 20.8. The van der Waals surface area contributed by atoms with Gasteiger partial charge in [0.05, 0.1) is 38.4 Å². The maximum atomic E-state index is 4.45. The maximum absolute atomic E-state index is 4.45. The van der Waals surface area contributed by atoms with Crippen LogP contribution in [0, 0.1) is 0 Å². The first-order valence-electron chi connectivity index (χ1n) is 12.0. The Kier molecular flexibility index (Phi) is 7.21. The minimum Gasteiger partial charge on any atom is -0.383 e. The summed E-state index contributed by atoms with van der Waals surface area (Å²) >= 11 is 0. The number of imidazole rings is 1. The summed E-state index contributed by atoms with van der Waals surface area (Å²) in [6, 6.07) is 23.9. The molecule has 37 heavy (non-hydrogen) atoms. The quantitative estimate of drug-likeness (QED) is 0.136. The first-order chi connectivity index (χ1) is 18.2. The summed E-state index contributed by atoms with van der Waals surface area (Å²) in [5.41, 5.74) is 4.43. The fourth-order valence-electron chi connectivity index (χ4n) is 3.92. The van der Waals surface area contributed by atoms with Crippen molar-refractivity contribution < 1.29 is 4.57 Å². The highest BCUT2D eigenvalue weighted by Gasteiger charge is 2.10. The number of hydrogen-bond acceptors (Lipinski definition) is 7. The number of hydrogen-bond donors (Lipinski definition) is 2. The van der Waals surface area contributed by atoms with Crippen LogP contribution < -0.4 is 15.2 Å². The van der Waals surface area contributed by atoms with Gasteiger partial charge >= 0.3 is 5.95 Å². The molecule has 0 amide bonds. The van der Waals surface area contributed by atoms with E-state index in [2.05, 4.69) is 48.2 Å². The van der Waals surface area contributed by atoms with Crippen LogP contribution in [0.15, 0.2) is 118 Å². The molecule has 9 nitrogen and oxygen atoms in total. The van der Waals surface area contributed by atoms with E-state index in [0.717, 1.165) is 58.2 Å². The SMILES string of the molecule is Cn1cc[n+](C)c1/N=N/c1ccc(NCCNc2ccc(/N=N/c3cccnc3)c3ccccc23)cc1. The van der Waals surface area contributed by atoms with E-state index in [-0.39, 0.29) is 0 Å². The molecule has 0 aliphatic rings. The van der Waals surface area contributed by atoms with Crippen LogP contribution in [0.25, 0.3) is 10.8 Å². The summed E-state index contributed by atoms with van der Waals surface area (Å²) in [5, 5.41) is 26.6. The third-order valence-corrected chi connectivity index (χ3v) is 5.86. The maximum Gasteiger partial charge on any atom is 0.421 e. The molecular weight excluding hydrogens is 462 g/mol.